The summed E-state index contributed by atoms with van der Waals surface area (Å²) in [7, 11) is 0. The zero-order valence-electron chi connectivity index (χ0n) is 13.7. The summed E-state index contributed by atoms with van der Waals surface area (Å²) in [6, 6.07) is 9.56. The highest BCUT2D eigenvalue weighted by Crippen LogP contribution is 2.28. The molecular formula is C17H22N4O3. The molecule has 0 spiro atoms. The van der Waals surface area contributed by atoms with Gasteiger partial charge in [-0.2, -0.15) is 0 Å². The molecule has 2 heterocycles. The van der Waals surface area contributed by atoms with Crippen molar-refractivity contribution < 1.29 is 14.4 Å². The highest BCUT2D eigenvalue weighted by molar-refractivity contribution is 5.93. The number of carbonyl (C=O) groups is 1. The Labute approximate surface area is 140 Å². The number of hydrogen-bond acceptors (Lipinski definition) is 6. The number of hydrogen-bond donors (Lipinski definition) is 3. The van der Waals surface area contributed by atoms with Crippen LogP contribution in [0.25, 0.3) is 0 Å². The van der Waals surface area contributed by atoms with E-state index in [9.17, 15) is 9.90 Å². The summed E-state index contributed by atoms with van der Waals surface area (Å²) in [5.74, 6) is 0.146. The third-order valence-electron chi connectivity index (χ3n) is 4.04. The molecule has 0 unspecified atom stereocenters. The Kier molecular flexibility index (Phi) is 5.00. The monoisotopic (exact) mass is 330 g/mol. The number of anilines is 3. The first-order valence-electron chi connectivity index (χ1n) is 8.11. The van der Waals surface area contributed by atoms with Gasteiger partial charge in [-0.3, -0.25) is 10.1 Å². The van der Waals surface area contributed by atoms with E-state index in [1.54, 1.807) is 13.0 Å². The third-order valence-corrected chi connectivity index (χ3v) is 4.04. The second-order valence-electron chi connectivity index (χ2n) is 5.97. The van der Waals surface area contributed by atoms with E-state index in [-0.39, 0.29) is 18.6 Å². The van der Waals surface area contributed by atoms with Crippen LogP contribution in [0.2, 0.25) is 0 Å². The zero-order valence-corrected chi connectivity index (χ0v) is 13.7. The van der Waals surface area contributed by atoms with Crippen LogP contribution in [0.3, 0.4) is 0 Å². The lowest BCUT2D eigenvalue weighted by Gasteiger charge is -2.32. The van der Waals surface area contributed by atoms with Gasteiger partial charge in [0.1, 0.15) is 0 Å². The number of amides is 1. The molecule has 1 fully saturated rings. The van der Waals surface area contributed by atoms with E-state index in [0.29, 0.717) is 5.88 Å². The number of benzene rings is 1. The van der Waals surface area contributed by atoms with Crippen molar-refractivity contribution in [2.45, 2.75) is 25.9 Å². The maximum atomic E-state index is 12.0. The van der Waals surface area contributed by atoms with Crippen LogP contribution in [0, 0.1) is 6.92 Å². The SMILES string of the molecule is Cc1cc(NC(=O)CNc2ccccc2N2CCC(O)CC2)on1. The van der Waals surface area contributed by atoms with Crippen molar-refractivity contribution in [1.82, 2.24) is 5.16 Å². The lowest BCUT2D eigenvalue weighted by Crippen LogP contribution is -2.36. The maximum absolute atomic E-state index is 12.0. The van der Waals surface area contributed by atoms with Crippen LogP contribution in [0.4, 0.5) is 17.3 Å². The smallest absolute Gasteiger partial charge is 0.246 e. The largest absolute Gasteiger partial charge is 0.393 e. The van der Waals surface area contributed by atoms with Gasteiger partial charge in [0.15, 0.2) is 0 Å². The molecule has 24 heavy (non-hydrogen) atoms. The fourth-order valence-electron chi connectivity index (χ4n) is 2.79. The van der Waals surface area contributed by atoms with Crippen LogP contribution < -0.4 is 15.5 Å². The summed E-state index contributed by atoms with van der Waals surface area (Å²) < 4.78 is 4.97. The van der Waals surface area contributed by atoms with Crippen LogP contribution in [-0.2, 0) is 4.79 Å². The van der Waals surface area contributed by atoms with Crippen LogP contribution in [0.5, 0.6) is 0 Å². The molecule has 0 atom stereocenters. The summed E-state index contributed by atoms with van der Waals surface area (Å²) in [4.78, 5) is 14.2. The number of piperidine rings is 1. The minimum atomic E-state index is -0.211. The first-order valence-corrected chi connectivity index (χ1v) is 8.11. The van der Waals surface area contributed by atoms with Crippen molar-refractivity contribution in [2.75, 3.05) is 35.2 Å². The molecular weight excluding hydrogens is 308 g/mol. The Morgan fingerprint density at radius 1 is 1.38 bits per heavy atom. The number of aliphatic hydroxyl groups excluding tert-OH is 1. The highest BCUT2D eigenvalue weighted by Gasteiger charge is 2.19. The molecule has 0 aliphatic carbocycles. The number of nitrogens with zero attached hydrogens (tertiary/aromatic N) is 2. The number of aryl methyl sites for hydroxylation is 1. The normalized spacial score (nSPS) is 15.3. The molecule has 1 aromatic heterocycles. The van der Waals surface area contributed by atoms with Crippen molar-refractivity contribution in [3.05, 3.63) is 36.0 Å². The van der Waals surface area contributed by atoms with Gasteiger partial charge in [0.25, 0.3) is 0 Å². The van der Waals surface area contributed by atoms with Gasteiger partial charge in [-0.15, -0.1) is 0 Å². The van der Waals surface area contributed by atoms with Gasteiger partial charge in [-0.1, -0.05) is 17.3 Å². The van der Waals surface area contributed by atoms with Crippen LogP contribution in [-0.4, -0.2) is 41.9 Å². The van der Waals surface area contributed by atoms with Crippen molar-refractivity contribution >= 4 is 23.2 Å². The van der Waals surface area contributed by atoms with Crippen LogP contribution >= 0.6 is 0 Å². The van der Waals surface area contributed by atoms with Crippen LogP contribution in [0.1, 0.15) is 18.5 Å². The minimum Gasteiger partial charge on any atom is -0.393 e. The number of para-hydroxylation sites is 2. The molecule has 1 aliphatic heterocycles. The molecule has 1 aromatic carbocycles. The molecule has 0 radical (unpaired) electrons. The predicted molar refractivity (Wildman–Crippen MR) is 92.3 cm³/mol. The summed E-state index contributed by atoms with van der Waals surface area (Å²) in [6.07, 6.45) is 1.32. The molecule has 1 saturated heterocycles. The first kappa shape index (κ1) is 16.3. The highest BCUT2D eigenvalue weighted by atomic mass is 16.5. The summed E-state index contributed by atoms with van der Waals surface area (Å²) in [6.45, 7) is 3.54. The zero-order chi connectivity index (χ0) is 16.9. The van der Waals surface area contributed by atoms with Gasteiger partial charge in [0.05, 0.1) is 29.7 Å². The molecule has 3 N–H and O–H groups in total. The van der Waals surface area contributed by atoms with E-state index >= 15 is 0 Å². The summed E-state index contributed by atoms with van der Waals surface area (Å²) in [5, 5.41) is 19.2. The Morgan fingerprint density at radius 3 is 2.83 bits per heavy atom. The topological polar surface area (TPSA) is 90.6 Å². The van der Waals surface area contributed by atoms with Gasteiger partial charge in [0, 0.05) is 19.2 Å². The maximum Gasteiger partial charge on any atom is 0.246 e. The van der Waals surface area contributed by atoms with E-state index in [4.69, 9.17) is 4.52 Å². The van der Waals surface area contributed by atoms with Gasteiger partial charge in [-0.25, -0.2) is 0 Å². The lowest BCUT2D eigenvalue weighted by molar-refractivity contribution is -0.114. The average Bonchev–Trinajstić information content (AvgIpc) is 2.99. The molecule has 0 bridgehead atoms. The number of aromatic nitrogens is 1. The second-order valence-corrected chi connectivity index (χ2v) is 5.97. The van der Waals surface area contributed by atoms with Crippen molar-refractivity contribution in [1.29, 1.82) is 0 Å². The van der Waals surface area contributed by atoms with E-state index in [1.165, 1.54) is 0 Å². The Bertz CT molecular complexity index is 693. The molecule has 7 nitrogen and oxygen atoms in total. The van der Waals surface area contributed by atoms with E-state index < -0.39 is 0 Å². The fraction of sp³-hybridized carbons (Fsp3) is 0.412. The van der Waals surface area contributed by atoms with Gasteiger partial charge >= 0.3 is 0 Å². The molecule has 2 aromatic rings. The Morgan fingerprint density at radius 2 is 2.12 bits per heavy atom. The van der Waals surface area contributed by atoms with Gasteiger partial charge in [-0.05, 0) is 31.9 Å². The Balaban J connectivity index is 1.59. The Hall–Kier alpha value is -2.54. The van der Waals surface area contributed by atoms with Crippen molar-refractivity contribution in [3.8, 4) is 0 Å². The number of rotatable bonds is 5. The van der Waals surface area contributed by atoms with Crippen LogP contribution in [0.15, 0.2) is 34.9 Å². The molecule has 1 aliphatic rings. The average molecular weight is 330 g/mol. The predicted octanol–water partition coefficient (Wildman–Crippen LogP) is 1.99. The second kappa shape index (κ2) is 7.35. The minimum absolute atomic E-state index is 0.132. The quantitative estimate of drug-likeness (QED) is 0.777. The molecule has 128 valence electrons. The number of carbonyl (C=O) groups excluding carboxylic acids is 1. The van der Waals surface area contributed by atoms with Gasteiger partial charge < -0.3 is 19.8 Å². The number of nitrogens with one attached hydrogen (secondary N) is 2. The molecule has 1 amide bonds. The third kappa shape index (κ3) is 4.05. The summed E-state index contributed by atoms with van der Waals surface area (Å²) in [5.41, 5.74) is 2.67. The molecule has 0 saturated carbocycles. The standard InChI is InChI=1S/C17H22N4O3/c1-12-10-17(24-20-12)19-16(23)11-18-14-4-2-3-5-15(14)21-8-6-13(22)7-9-21/h2-5,10,13,18,22H,6-9,11H2,1H3,(H,19,23). The van der Waals surface area contributed by atoms with Crippen molar-refractivity contribution in [3.63, 3.8) is 0 Å². The van der Waals surface area contributed by atoms with E-state index in [1.807, 2.05) is 24.3 Å². The first-order chi connectivity index (χ1) is 11.6. The van der Waals surface area contributed by atoms with E-state index in [0.717, 1.165) is 43.0 Å². The lowest BCUT2D eigenvalue weighted by atomic mass is 10.1. The van der Waals surface area contributed by atoms with Gasteiger partial charge in [0.2, 0.25) is 11.8 Å². The fourth-order valence-corrected chi connectivity index (χ4v) is 2.79. The number of aliphatic hydroxyl groups is 1. The molecule has 7 heteroatoms. The summed E-state index contributed by atoms with van der Waals surface area (Å²) >= 11 is 0. The van der Waals surface area contributed by atoms with Crippen molar-refractivity contribution in [2.24, 2.45) is 0 Å². The molecule has 3 rings (SSSR count). The van der Waals surface area contributed by atoms with E-state index in [2.05, 4.69) is 20.7 Å².